The van der Waals surface area contributed by atoms with Crippen molar-refractivity contribution in [2.75, 3.05) is 23.0 Å². The topological polar surface area (TPSA) is 71.5 Å². The number of nitrogens with one attached hydrogen (secondary N) is 1. The van der Waals surface area contributed by atoms with Crippen LogP contribution in [0.3, 0.4) is 0 Å². The van der Waals surface area contributed by atoms with Gasteiger partial charge in [-0.15, -0.1) is 0 Å². The molecule has 4 aromatic carbocycles. The van der Waals surface area contributed by atoms with Gasteiger partial charge >= 0.3 is 0 Å². The van der Waals surface area contributed by atoms with Gasteiger partial charge in [-0.1, -0.05) is 54.6 Å². The standard InChI is InChI=1S/C27H23N3O3S/c1-33-26-18-20(30(34(2,31)32)19-10-4-3-5-11-19)16-17-25(26)29-27-21-12-6-8-14-23(21)28-24-15-9-7-13-22(24)27/h3-18H,1-2H3,(H,28,29). The predicted molar refractivity (Wildman–Crippen MR) is 139 cm³/mol. The van der Waals surface area contributed by atoms with Crippen molar-refractivity contribution in [3.63, 3.8) is 0 Å². The molecule has 6 nitrogen and oxygen atoms in total. The van der Waals surface area contributed by atoms with E-state index < -0.39 is 10.0 Å². The molecule has 1 aromatic heterocycles. The van der Waals surface area contributed by atoms with E-state index in [0.29, 0.717) is 22.8 Å². The van der Waals surface area contributed by atoms with Crippen molar-refractivity contribution in [3.8, 4) is 5.75 Å². The highest BCUT2D eigenvalue weighted by Gasteiger charge is 2.21. The molecule has 34 heavy (non-hydrogen) atoms. The molecular weight excluding hydrogens is 446 g/mol. The minimum absolute atomic E-state index is 0.487. The fraction of sp³-hybridized carbons (Fsp3) is 0.0741. The molecule has 170 valence electrons. The summed E-state index contributed by atoms with van der Waals surface area (Å²) >= 11 is 0. The minimum atomic E-state index is -3.58. The molecule has 0 aliphatic heterocycles. The van der Waals surface area contributed by atoms with Crippen molar-refractivity contribution in [2.24, 2.45) is 0 Å². The average Bonchev–Trinajstić information content (AvgIpc) is 2.84. The number of ether oxygens (including phenoxy) is 1. The number of aromatic nitrogens is 1. The molecule has 0 saturated heterocycles. The molecule has 0 saturated carbocycles. The third-order valence-electron chi connectivity index (χ3n) is 5.59. The summed E-state index contributed by atoms with van der Waals surface area (Å²) in [4.78, 5) is 4.78. The summed E-state index contributed by atoms with van der Waals surface area (Å²) in [7, 11) is -2.01. The van der Waals surface area contributed by atoms with Crippen molar-refractivity contribution in [1.82, 2.24) is 4.98 Å². The zero-order valence-electron chi connectivity index (χ0n) is 18.8. The molecule has 0 aliphatic carbocycles. The maximum absolute atomic E-state index is 12.7. The van der Waals surface area contributed by atoms with Gasteiger partial charge in [0.1, 0.15) is 5.75 Å². The van der Waals surface area contributed by atoms with Crippen LogP contribution in [0.4, 0.5) is 22.7 Å². The highest BCUT2D eigenvalue weighted by Crippen LogP contribution is 2.39. The van der Waals surface area contributed by atoms with E-state index >= 15 is 0 Å². The number of hydrogen-bond donors (Lipinski definition) is 1. The number of para-hydroxylation sites is 3. The van der Waals surface area contributed by atoms with Crippen LogP contribution in [0, 0.1) is 0 Å². The van der Waals surface area contributed by atoms with E-state index in [-0.39, 0.29) is 0 Å². The molecule has 0 spiro atoms. The lowest BCUT2D eigenvalue weighted by molar-refractivity contribution is 0.417. The van der Waals surface area contributed by atoms with Crippen molar-refractivity contribution >= 4 is 54.6 Å². The Morgan fingerprint density at radius 3 is 1.94 bits per heavy atom. The first-order chi connectivity index (χ1) is 16.5. The summed E-state index contributed by atoms with van der Waals surface area (Å²) in [6.45, 7) is 0. The van der Waals surface area contributed by atoms with Crippen LogP contribution in [0.25, 0.3) is 21.8 Å². The van der Waals surface area contributed by atoms with Crippen LogP contribution in [0.2, 0.25) is 0 Å². The number of pyridine rings is 1. The van der Waals surface area contributed by atoms with Crippen LogP contribution in [-0.2, 0) is 10.0 Å². The highest BCUT2D eigenvalue weighted by atomic mass is 32.2. The van der Waals surface area contributed by atoms with E-state index in [1.54, 1.807) is 43.5 Å². The van der Waals surface area contributed by atoms with E-state index in [1.807, 2.05) is 60.7 Å². The monoisotopic (exact) mass is 469 g/mol. The Morgan fingerprint density at radius 2 is 1.35 bits per heavy atom. The predicted octanol–water partition coefficient (Wildman–Crippen LogP) is 6.24. The van der Waals surface area contributed by atoms with E-state index in [2.05, 4.69) is 5.32 Å². The number of anilines is 4. The Labute approximate surface area is 198 Å². The summed E-state index contributed by atoms with van der Waals surface area (Å²) in [5.41, 5.74) is 4.43. The van der Waals surface area contributed by atoms with Gasteiger partial charge in [0.2, 0.25) is 10.0 Å². The van der Waals surface area contributed by atoms with E-state index in [0.717, 1.165) is 27.5 Å². The molecule has 0 radical (unpaired) electrons. The lowest BCUT2D eigenvalue weighted by atomic mass is 10.1. The zero-order chi connectivity index (χ0) is 23.7. The Balaban J connectivity index is 1.64. The summed E-state index contributed by atoms with van der Waals surface area (Å²) in [5, 5.41) is 5.48. The lowest BCUT2D eigenvalue weighted by Gasteiger charge is -2.24. The Bertz CT molecular complexity index is 1550. The first kappa shape index (κ1) is 21.7. The largest absolute Gasteiger partial charge is 0.494 e. The van der Waals surface area contributed by atoms with Crippen LogP contribution in [0.15, 0.2) is 97.1 Å². The quantitative estimate of drug-likeness (QED) is 0.298. The van der Waals surface area contributed by atoms with Crippen LogP contribution < -0.4 is 14.4 Å². The first-order valence-electron chi connectivity index (χ1n) is 10.7. The van der Waals surface area contributed by atoms with Crippen molar-refractivity contribution in [3.05, 3.63) is 97.1 Å². The number of nitrogens with zero attached hydrogens (tertiary/aromatic N) is 2. The van der Waals surface area contributed by atoms with Crippen molar-refractivity contribution < 1.29 is 13.2 Å². The number of hydrogen-bond acceptors (Lipinski definition) is 5. The summed E-state index contributed by atoms with van der Waals surface area (Å²) in [6, 6.07) is 30.2. The first-order valence-corrected chi connectivity index (χ1v) is 12.6. The maximum atomic E-state index is 12.7. The fourth-order valence-corrected chi connectivity index (χ4v) is 5.12. The molecular formula is C27H23N3O3S. The van der Waals surface area contributed by atoms with Crippen LogP contribution in [-0.4, -0.2) is 26.8 Å². The second-order valence-electron chi connectivity index (χ2n) is 7.89. The van der Waals surface area contributed by atoms with Crippen LogP contribution in [0.5, 0.6) is 5.75 Å². The summed E-state index contributed by atoms with van der Waals surface area (Å²) in [6.07, 6.45) is 1.19. The number of rotatable bonds is 6. The van der Waals surface area contributed by atoms with Crippen molar-refractivity contribution in [1.29, 1.82) is 0 Å². The summed E-state index contributed by atoms with van der Waals surface area (Å²) < 4.78 is 32.3. The fourth-order valence-electron chi connectivity index (χ4n) is 4.11. The average molecular weight is 470 g/mol. The number of fused-ring (bicyclic) bond motifs is 2. The van der Waals surface area contributed by atoms with Crippen LogP contribution >= 0.6 is 0 Å². The third kappa shape index (κ3) is 4.02. The van der Waals surface area contributed by atoms with Crippen LogP contribution in [0.1, 0.15) is 0 Å². The third-order valence-corrected chi connectivity index (χ3v) is 6.67. The van der Waals surface area contributed by atoms with Gasteiger partial charge in [0.15, 0.2) is 0 Å². The Kier molecular flexibility index (Phi) is 5.55. The van der Waals surface area contributed by atoms with Gasteiger partial charge in [0.05, 0.1) is 47.1 Å². The molecule has 0 fully saturated rings. The molecule has 0 unspecified atom stereocenters. The molecule has 0 atom stereocenters. The Hall–Kier alpha value is -4.10. The summed E-state index contributed by atoms with van der Waals surface area (Å²) in [5.74, 6) is 0.520. The zero-order valence-corrected chi connectivity index (χ0v) is 19.6. The van der Waals surface area contributed by atoms with E-state index in [1.165, 1.54) is 10.6 Å². The molecule has 1 N–H and O–H groups in total. The molecule has 7 heteroatoms. The number of sulfonamides is 1. The SMILES string of the molecule is COc1cc(N(c2ccccc2)S(C)(=O)=O)ccc1Nc1c2ccccc2nc2ccccc12. The normalized spacial score (nSPS) is 11.5. The number of methoxy groups -OCH3 is 1. The molecule has 0 aliphatic rings. The molecule has 5 rings (SSSR count). The molecule has 5 aromatic rings. The van der Waals surface area contributed by atoms with Gasteiger partial charge < -0.3 is 10.1 Å². The highest BCUT2D eigenvalue weighted by molar-refractivity contribution is 7.92. The molecule has 1 heterocycles. The van der Waals surface area contributed by atoms with Gasteiger partial charge in [0, 0.05) is 16.8 Å². The van der Waals surface area contributed by atoms with Crippen molar-refractivity contribution in [2.45, 2.75) is 0 Å². The smallest absolute Gasteiger partial charge is 0.236 e. The second-order valence-corrected chi connectivity index (χ2v) is 9.72. The van der Waals surface area contributed by atoms with Gasteiger partial charge in [-0.3, -0.25) is 0 Å². The Morgan fingerprint density at radius 1 is 0.765 bits per heavy atom. The van der Waals surface area contributed by atoms with Gasteiger partial charge in [-0.2, -0.15) is 0 Å². The van der Waals surface area contributed by atoms with Gasteiger partial charge in [0.25, 0.3) is 0 Å². The maximum Gasteiger partial charge on any atom is 0.236 e. The minimum Gasteiger partial charge on any atom is -0.494 e. The number of benzene rings is 4. The molecule has 0 bridgehead atoms. The molecule has 0 amide bonds. The second kappa shape index (κ2) is 8.68. The van der Waals surface area contributed by atoms with E-state index in [4.69, 9.17) is 9.72 Å². The van der Waals surface area contributed by atoms with Gasteiger partial charge in [-0.05, 0) is 36.4 Å². The van der Waals surface area contributed by atoms with E-state index in [9.17, 15) is 8.42 Å². The van der Waals surface area contributed by atoms with Gasteiger partial charge in [-0.25, -0.2) is 17.7 Å². The lowest BCUT2D eigenvalue weighted by Crippen LogP contribution is -2.24.